The lowest BCUT2D eigenvalue weighted by Gasteiger charge is -2.08. The maximum atomic E-state index is 5.66. The van der Waals surface area contributed by atoms with Crippen LogP contribution >= 0.6 is 0 Å². The third-order valence-corrected chi connectivity index (χ3v) is 1.92. The summed E-state index contributed by atoms with van der Waals surface area (Å²) < 4.78 is 10.2. The second kappa shape index (κ2) is 4.50. The summed E-state index contributed by atoms with van der Waals surface area (Å²) in [7, 11) is 4.82. The first-order valence-corrected chi connectivity index (χ1v) is 4.17. The molecular weight excluding hydrogens is 180 g/mol. The van der Waals surface area contributed by atoms with Gasteiger partial charge in [-0.3, -0.25) is 4.99 Å². The topological polar surface area (TPSA) is 56.8 Å². The number of benzene rings is 1. The predicted molar refractivity (Wildman–Crippen MR) is 56.2 cm³/mol. The highest BCUT2D eigenvalue weighted by atomic mass is 16.5. The van der Waals surface area contributed by atoms with Gasteiger partial charge in [-0.25, -0.2) is 0 Å². The van der Waals surface area contributed by atoms with E-state index in [0.29, 0.717) is 17.3 Å². The zero-order chi connectivity index (χ0) is 10.6. The van der Waals surface area contributed by atoms with Gasteiger partial charge in [-0.15, -0.1) is 0 Å². The molecule has 0 saturated heterocycles. The van der Waals surface area contributed by atoms with Gasteiger partial charge in [-0.05, 0) is 18.2 Å². The molecule has 0 atom stereocenters. The standard InChI is InChI=1S/C10H14N2O2/c1-12-10(11)7-4-5-8(13-2)9(6-7)14-3/h4-6H,1-3H3,(H2,11,12). The van der Waals surface area contributed by atoms with Gasteiger partial charge in [0.2, 0.25) is 0 Å². The summed E-state index contributed by atoms with van der Waals surface area (Å²) in [5, 5.41) is 0. The van der Waals surface area contributed by atoms with Crippen LogP contribution in [-0.4, -0.2) is 27.1 Å². The first-order chi connectivity index (χ1) is 6.72. The largest absolute Gasteiger partial charge is 0.493 e. The molecule has 1 aromatic rings. The second-order valence-corrected chi connectivity index (χ2v) is 2.68. The highest BCUT2D eigenvalue weighted by Gasteiger charge is 2.05. The summed E-state index contributed by atoms with van der Waals surface area (Å²) in [5.74, 6) is 1.81. The number of rotatable bonds is 3. The molecule has 0 heterocycles. The van der Waals surface area contributed by atoms with Crippen molar-refractivity contribution in [2.45, 2.75) is 0 Å². The van der Waals surface area contributed by atoms with Gasteiger partial charge in [0.25, 0.3) is 0 Å². The summed E-state index contributed by atoms with van der Waals surface area (Å²) in [6.45, 7) is 0. The van der Waals surface area contributed by atoms with E-state index in [1.807, 2.05) is 6.07 Å². The molecule has 2 N–H and O–H groups in total. The smallest absolute Gasteiger partial charge is 0.161 e. The van der Waals surface area contributed by atoms with Gasteiger partial charge in [0.1, 0.15) is 5.84 Å². The molecule has 4 nitrogen and oxygen atoms in total. The van der Waals surface area contributed by atoms with Crippen molar-refractivity contribution in [1.82, 2.24) is 0 Å². The average Bonchev–Trinajstić information content (AvgIpc) is 2.26. The van der Waals surface area contributed by atoms with Crippen molar-refractivity contribution in [2.24, 2.45) is 10.7 Å². The van der Waals surface area contributed by atoms with Crippen molar-refractivity contribution >= 4 is 5.84 Å². The number of amidine groups is 1. The molecule has 0 bridgehead atoms. The van der Waals surface area contributed by atoms with Crippen LogP contribution in [0.25, 0.3) is 0 Å². The van der Waals surface area contributed by atoms with Gasteiger partial charge in [-0.1, -0.05) is 0 Å². The summed E-state index contributed by atoms with van der Waals surface area (Å²) in [6, 6.07) is 5.43. The Morgan fingerprint density at radius 2 is 1.86 bits per heavy atom. The molecule has 0 fully saturated rings. The molecule has 0 aliphatic carbocycles. The van der Waals surface area contributed by atoms with Crippen LogP contribution in [0.4, 0.5) is 0 Å². The third kappa shape index (κ3) is 1.96. The molecule has 0 unspecified atom stereocenters. The fourth-order valence-electron chi connectivity index (χ4n) is 1.12. The van der Waals surface area contributed by atoms with E-state index in [4.69, 9.17) is 15.2 Å². The van der Waals surface area contributed by atoms with E-state index in [1.54, 1.807) is 33.4 Å². The fourth-order valence-corrected chi connectivity index (χ4v) is 1.12. The minimum absolute atomic E-state index is 0.478. The van der Waals surface area contributed by atoms with Gasteiger partial charge in [-0.2, -0.15) is 0 Å². The lowest BCUT2D eigenvalue weighted by atomic mass is 10.2. The first kappa shape index (κ1) is 10.4. The van der Waals surface area contributed by atoms with Crippen LogP contribution < -0.4 is 15.2 Å². The van der Waals surface area contributed by atoms with Crippen LogP contribution in [0.2, 0.25) is 0 Å². The number of nitrogens with zero attached hydrogens (tertiary/aromatic N) is 1. The summed E-state index contributed by atoms with van der Waals surface area (Å²) in [5.41, 5.74) is 6.49. The van der Waals surface area contributed by atoms with Crippen molar-refractivity contribution in [3.8, 4) is 11.5 Å². The van der Waals surface area contributed by atoms with Crippen LogP contribution in [-0.2, 0) is 0 Å². The number of nitrogens with two attached hydrogens (primary N) is 1. The highest BCUT2D eigenvalue weighted by molar-refractivity contribution is 5.97. The van der Waals surface area contributed by atoms with E-state index in [-0.39, 0.29) is 0 Å². The van der Waals surface area contributed by atoms with E-state index in [1.165, 1.54) is 0 Å². The van der Waals surface area contributed by atoms with Crippen molar-refractivity contribution in [3.05, 3.63) is 23.8 Å². The number of hydrogen-bond donors (Lipinski definition) is 1. The minimum atomic E-state index is 0.478. The van der Waals surface area contributed by atoms with Crippen LogP contribution in [0.3, 0.4) is 0 Å². The Hall–Kier alpha value is -1.71. The van der Waals surface area contributed by atoms with Crippen LogP contribution in [0, 0.1) is 0 Å². The first-order valence-electron chi connectivity index (χ1n) is 4.17. The zero-order valence-electron chi connectivity index (χ0n) is 8.57. The van der Waals surface area contributed by atoms with E-state index >= 15 is 0 Å². The Bertz CT molecular complexity index is 348. The number of hydrogen-bond acceptors (Lipinski definition) is 3. The average molecular weight is 194 g/mol. The predicted octanol–water partition coefficient (Wildman–Crippen LogP) is 1.04. The lowest BCUT2D eigenvalue weighted by Crippen LogP contribution is -2.12. The summed E-state index contributed by atoms with van der Waals surface area (Å²) in [4.78, 5) is 3.89. The molecule has 0 aromatic heterocycles. The SMILES string of the molecule is CN=C(N)c1ccc(OC)c(OC)c1. The highest BCUT2D eigenvalue weighted by Crippen LogP contribution is 2.27. The van der Waals surface area contributed by atoms with E-state index in [0.717, 1.165) is 5.56 Å². The van der Waals surface area contributed by atoms with E-state index in [2.05, 4.69) is 4.99 Å². The maximum absolute atomic E-state index is 5.66. The van der Waals surface area contributed by atoms with Crippen molar-refractivity contribution in [1.29, 1.82) is 0 Å². The maximum Gasteiger partial charge on any atom is 0.161 e. The number of aliphatic imine (C=N–C) groups is 1. The number of ether oxygens (including phenoxy) is 2. The molecule has 14 heavy (non-hydrogen) atoms. The normalized spacial score (nSPS) is 11.2. The van der Waals surface area contributed by atoms with E-state index < -0.39 is 0 Å². The molecule has 4 heteroatoms. The van der Waals surface area contributed by atoms with Gasteiger partial charge >= 0.3 is 0 Å². The summed E-state index contributed by atoms with van der Waals surface area (Å²) >= 11 is 0. The Morgan fingerprint density at radius 3 is 2.36 bits per heavy atom. The monoisotopic (exact) mass is 194 g/mol. The van der Waals surface area contributed by atoms with Gasteiger partial charge < -0.3 is 15.2 Å². The molecule has 76 valence electrons. The van der Waals surface area contributed by atoms with Crippen LogP contribution in [0.5, 0.6) is 11.5 Å². The zero-order valence-corrected chi connectivity index (χ0v) is 8.57. The molecule has 0 aliphatic rings. The van der Waals surface area contributed by atoms with Crippen molar-refractivity contribution in [2.75, 3.05) is 21.3 Å². The molecule has 0 spiro atoms. The molecule has 0 amide bonds. The number of methoxy groups -OCH3 is 2. The van der Waals surface area contributed by atoms with Crippen LogP contribution in [0.15, 0.2) is 23.2 Å². The second-order valence-electron chi connectivity index (χ2n) is 2.68. The Labute approximate surface area is 83.4 Å². The molecule has 0 saturated carbocycles. The molecule has 1 aromatic carbocycles. The van der Waals surface area contributed by atoms with Crippen LogP contribution in [0.1, 0.15) is 5.56 Å². The summed E-state index contributed by atoms with van der Waals surface area (Å²) in [6.07, 6.45) is 0. The van der Waals surface area contributed by atoms with Gasteiger partial charge in [0.05, 0.1) is 14.2 Å². The molecule has 0 radical (unpaired) electrons. The Kier molecular flexibility index (Phi) is 3.34. The molecule has 0 aliphatic heterocycles. The van der Waals surface area contributed by atoms with Gasteiger partial charge in [0.15, 0.2) is 11.5 Å². The fraction of sp³-hybridized carbons (Fsp3) is 0.300. The van der Waals surface area contributed by atoms with Crippen molar-refractivity contribution in [3.63, 3.8) is 0 Å². The Morgan fingerprint density at radius 1 is 1.21 bits per heavy atom. The third-order valence-electron chi connectivity index (χ3n) is 1.92. The Balaban J connectivity index is 3.14. The lowest BCUT2D eigenvalue weighted by molar-refractivity contribution is 0.355. The molecular formula is C10H14N2O2. The molecule has 1 rings (SSSR count). The van der Waals surface area contributed by atoms with E-state index in [9.17, 15) is 0 Å². The van der Waals surface area contributed by atoms with Gasteiger partial charge in [0, 0.05) is 12.6 Å². The minimum Gasteiger partial charge on any atom is -0.493 e. The quantitative estimate of drug-likeness (QED) is 0.577. The van der Waals surface area contributed by atoms with Crippen molar-refractivity contribution < 1.29 is 9.47 Å².